The van der Waals surface area contributed by atoms with Gasteiger partial charge in [-0.15, -0.1) is 0 Å². The van der Waals surface area contributed by atoms with E-state index in [-0.39, 0.29) is 11.8 Å². The highest BCUT2D eigenvalue weighted by Crippen LogP contribution is 2.34. The number of anilines is 2. The zero-order chi connectivity index (χ0) is 18.1. The van der Waals surface area contributed by atoms with Crippen LogP contribution in [-0.4, -0.2) is 29.1 Å². The van der Waals surface area contributed by atoms with E-state index in [0.717, 1.165) is 53.6 Å². The molecule has 4 rings (SSSR count). The molecule has 0 saturated carbocycles. The van der Waals surface area contributed by atoms with Crippen LogP contribution in [0.1, 0.15) is 18.4 Å². The average molecular weight is 351 g/mol. The van der Waals surface area contributed by atoms with E-state index >= 15 is 0 Å². The number of nitrogen functional groups attached to an aromatic ring is 1. The minimum absolute atomic E-state index is 0.228. The first-order chi connectivity index (χ1) is 12.6. The first-order valence-electron chi connectivity index (χ1n) is 8.91. The van der Waals surface area contributed by atoms with Crippen molar-refractivity contribution in [3.05, 3.63) is 47.9 Å². The fourth-order valence-corrected chi connectivity index (χ4v) is 3.60. The van der Waals surface area contributed by atoms with Crippen molar-refractivity contribution < 1.29 is 4.39 Å². The smallest absolute Gasteiger partial charge is 0.220 e. The molecule has 1 aliphatic rings. The number of piperidine rings is 1. The first-order valence-corrected chi connectivity index (χ1v) is 8.91. The Morgan fingerprint density at radius 3 is 2.81 bits per heavy atom. The highest BCUT2D eigenvalue weighted by atomic mass is 19.1. The SMILES string of the molecule is Cc1cccc(F)c1-c1cc(NC2CCNCC2)c2nc(N)ncc2c1. The molecule has 6 heteroatoms. The molecule has 134 valence electrons. The van der Waals surface area contributed by atoms with Gasteiger partial charge in [-0.2, -0.15) is 0 Å². The first kappa shape index (κ1) is 16.7. The summed E-state index contributed by atoms with van der Waals surface area (Å²) in [4.78, 5) is 8.53. The summed E-state index contributed by atoms with van der Waals surface area (Å²) >= 11 is 0. The molecule has 0 spiro atoms. The molecule has 1 aliphatic heterocycles. The van der Waals surface area contributed by atoms with Gasteiger partial charge in [-0.25, -0.2) is 14.4 Å². The van der Waals surface area contributed by atoms with Gasteiger partial charge in [0.05, 0.1) is 11.2 Å². The molecule has 5 nitrogen and oxygen atoms in total. The van der Waals surface area contributed by atoms with Gasteiger partial charge in [0, 0.05) is 23.2 Å². The van der Waals surface area contributed by atoms with Crippen molar-refractivity contribution in [2.75, 3.05) is 24.1 Å². The van der Waals surface area contributed by atoms with Crippen LogP contribution >= 0.6 is 0 Å². The predicted molar refractivity (Wildman–Crippen MR) is 104 cm³/mol. The van der Waals surface area contributed by atoms with Crippen LogP contribution in [0, 0.1) is 12.7 Å². The molecule has 0 radical (unpaired) electrons. The third kappa shape index (κ3) is 3.20. The number of hydrogen-bond acceptors (Lipinski definition) is 5. The number of aromatic nitrogens is 2. The van der Waals surface area contributed by atoms with Gasteiger partial charge >= 0.3 is 0 Å². The van der Waals surface area contributed by atoms with Crippen molar-refractivity contribution in [3.8, 4) is 11.1 Å². The lowest BCUT2D eigenvalue weighted by atomic mass is 9.97. The largest absolute Gasteiger partial charge is 0.380 e. The highest BCUT2D eigenvalue weighted by Gasteiger charge is 2.17. The predicted octanol–water partition coefficient (Wildman–Crippen LogP) is 3.49. The third-order valence-corrected chi connectivity index (χ3v) is 4.91. The second-order valence-electron chi connectivity index (χ2n) is 6.79. The molecule has 0 unspecified atom stereocenters. The van der Waals surface area contributed by atoms with Crippen LogP contribution in [0.5, 0.6) is 0 Å². The van der Waals surface area contributed by atoms with Gasteiger partial charge in [-0.05, 0) is 62.2 Å². The lowest BCUT2D eigenvalue weighted by Gasteiger charge is -2.25. The Hall–Kier alpha value is -2.73. The van der Waals surface area contributed by atoms with E-state index in [1.165, 1.54) is 6.07 Å². The van der Waals surface area contributed by atoms with Gasteiger partial charge in [0.15, 0.2) is 0 Å². The van der Waals surface area contributed by atoms with Gasteiger partial charge in [0.1, 0.15) is 5.82 Å². The van der Waals surface area contributed by atoms with E-state index < -0.39 is 0 Å². The summed E-state index contributed by atoms with van der Waals surface area (Å²) in [6.07, 6.45) is 3.76. The van der Waals surface area contributed by atoms with E-state index in [2.05, 4.69) is 20.6 Å². The van der Waals surface area contributed by atoms with E-state index in [1.54, 1.807) is 12.3 Å². The topological polar surface area (TPSA) is 75.9 Å². The van der Waals surface area contributed by atoms with Crippen LogP contribution in [0.3, 0.4) is 0 Å². The number of nitrogens with two attached hydrogens (primary N) is 1. The lowest BCUT2D eigenvalue weighted by molar-refractivity contribution is 0.479. The molecule has 4 N–H and O–H groups in total. The monoisotopic (exact) mass is 351 g/mol. The zero-order valence-electron chi connectivity index (χ0n) is 14.7. The lowest BCUT2D eigenvalue weighted by Crippen LogP contribution is -2.35. The summed E-state index contributed by atoms with van der Waals surface area (Å²) < 4.78 is 14.5. The van der Waals surface area contributed by atoms with Gasteiger partial charge < -0.3 is 16.4 Å². The van der Waals surface area contributed by atoms with Crippen molar-refractivity contribution >= 4 is 22.5 Å². The maximum atomic E-state index is 14.5. The number of hydrogen-bond donors (Lipinski definition) is 3. The van der Waals surface area contributed by atoms with E-state index in [0.29, 0.717) is 11.6 Å². The minimum atomic E-state index is -0.228. The quantitative estimate of drug-likeness (QED) is 0.673. The summed E-state index contributed by atoms with van der Waals surface area (Å²) in [5, 5.41) is 7.80. The number of halogens is 1. The second-order valence-corrected chi connectivity index (χ2v) is 6.79. The van der Waals surface area contributed by atoms with Crippen LogP contribution in [0.4, 0.5) is 16.0 Å². The Morgan fingerprint density at radius 2 is 2.04 bits per heavy atom. The molecule has 1 saturated heterocycles. The molecule has 2 aromatic carbocycles. The molecule has 0 bridgehead atoms. The van der Waals surface area contributed by atoms with E-state index in [1.807, 2.05) is 25.1 Å². The molecular weight excluding hydrogens is 329 g/mol. The Bertz CT molecular complexity index is 930. The number of fused-ring (bicyclic) bond motifs is 1. The van der Waals surface area contributed by atoms with Crippen LogP contribution in [0.25, 0.3) is 22.0 Å². The van der Waals surface area contributed by atoms with E-state index in [9.17, 15) is 4.39 Å². The maximum absolute atomic E-state index is 14.5. The number of rotatable bonds is 3. The number of nitrogens with zero attached hydrogens (tertiary/aromatic N) is 2. The molecule has 0 amide bonds. The third-order valence-electron chi connectivity index (χ3n) is 4.91. The van der Waals surface area contributed by atoms with Crippen molar-refractivity contribution in [1.29, 1.82) is 0 Å². The maximum Gasteiger partial charge on any atom is 0.220 e. The molecule has 1 fully saturated rings. The van der Waals surface area contributed by atoms with Crippen molar-refractivity contribution in [2.45, 2.75) is 25.8 Å². The molecule has 1 aromatic heterocycles. The fraction of sp³-hybridized carbons (Fsp3) is 0.300. The second kappa shape index (κ2) is 6.88. The summed E-state index contributed by atoms with van der Waals surface area (Å²) in [6.45, 7) is 3.89. The van der Waals surface area contributed by atoms with Crippen molar-refractivity contribution in [3.63, 3.8) is 0 Å². The minimum Gasteiger partial charge on any atom is -0.380 e. The Morgan fingerprint density at radius 1 is 1.23 bits per heavy atom. The van der Waals surface area contributed by atoms with Crippen LogP contribution in [0.15, 0.2) is 36.5 Å². The van der Waals surface area contributed by atoms with Crippen LogP contribution in [0.2, 0.25) is 0 Å². The molecule has 3 aromatic rings. The van der Waals surface area contributed by atoms with Crippen LogP contribution < -0.4 is 16.4 Å². The highest BCUT2D eigenvalue weighted by molar-refractivity contribution is 5.95. The fourth-order valence-electron chi connectivity index (χ4n) is 3.60. The summed E-state index contributed by atoms with van der Waals surface area (Å²) in [5.41, 5.74) is 9.78. The summed E-state index contributed by atoms with van der Waals surface area (Å²) in [5.74, 6) is 0.00853. The standard InChI is InChI=1S/C20H22FN5/c1-12-3-2-4-16(21)18(12)13-9-14-11-24-20(22)26-19(14)17(10-13)25-15-5-7-23-8-6-15/h2-4,9-11,15,23,25H,5-8H2,1H3,(H2,22,24,26). The van der Waals surface area contributed by atoms with Gasteiger partial charge in [0.25, 0.3) is 0 Å². The van der Waals surface area contributed by atoms with Crippen molar-refractivity contribution in [1.82, 2.24) is 15.3 Å². The number of aryl methyl sites for hydroxylation is 1. The Balaban J connectivity index is 1.86. The van der Waals surface area contributed by atoms with E-state index in [4.69, 9.17) is 5.73 Å². The molecule has 0 aliphatic carbocycles. The normalized spacial score (nSPS) is 15.3. The molecule has 26 heavy (non-hydrogen) atoms. The molecular formula is C20H22FN5. The molecule has 2 heterocycles. The van der Waals surface area contributed by atoms with Crippen molar-refractivity contribution in [2.24, 2.45) is 0 Å². The van der Waals surface area contributed by atoms with Gasteiger partial charge in [0.2, 0.25) is 5.95 Å². The zero-order valence-corrected chi connectivity index (χ0v) is 14.7. The Kier molecular flexibility index (Phi) is 4.42. The number of nitrogens with one attached hydrogen (secondary N) is 2. The number of benzene rings is 2. The summed E-state index contributed by atoms with van der Waals surface area (Å²) in [7, 11) is 0. The molecule has 0 atom stereocenters. The van der Waals surface area contributed by atoms with Gasteiger partial charge in [-0.3, -0.25) is 0 Å². The van der Waals surface area contributed by atoms with Crippen LogP contribution in [-0.2, 0) is 0 Å². The summed E-state index contributed by atoms with van der Waals surface area (Å²) in [6, 6.07) is 9.39. The van der Waals surface area contributed by atoms with Gasteiger partial charge in [-0.1, -0.05) is 12.1 Å². The Labute approximate surface area is 151 Å². The average Bonchev–Trinajstić information content (AvgIpc) is 2.63.